The smallest absolute Gasteiger partial charge is 0.253 e. The van der Waals surface area contributed by atoms with Crippen LogP contribution in [0, 0.1) is 6.92 Å². The van der Waals surface area contributed by atoms with Crippen molar-refractivity contribution in [1.29, 1.82) is 0 Å². The van der Waals surface area contributed by atoms with Crippen LogP contribution in [0.1, 0.15) is 41.0 Å². The summed E-state index contributed by atoms with van der Waals surface area (Å²) in [7, 11) is 0. The quantitative estimate of drug-likeness (QED) is 0.536. The third-order valence-corrected chi connectivity index (χ3v) is 5.45. The summed E-state index contributed by atoms with van der Waals surface area (Å²) in [4.78, 5) is 25.5. The molecule has 2 aliphatic heterocycles. The van der Waals surface area contributed by atoms with E-state index >= 15 is 0 Å². The Kier molecular flexibility index (Phi) is 3.53. The fraction of sp³-hybridized carbons (Fsp3) is 0.286. The molecule has 4 bridgehead atoms. The minimum absolute atomic E-state index is 0.0129. The Morgan fingerprint density at radius 1 is 1.11 bits per heavy atom. The lowest BCUT2D eigenvalue weighted by atomic mass is 9.93. The SMILES string of the molecule is C/C1=C/C[C@H]2CNC(=O)c3cc([nH]c32)-c2cccc3nc(C)c(nc23)NC1. The molecule has 3 N–H and O–H groups in total. The molecule has 0 aliphatic carbocycles. The van der Waals surface area contributed by atoms with Gasteiger partial charge < -0.3 is 15.6 Å². The molecule has 2 aliphatic rings. The van der Waals surface area contributed by atoms with E-state index in [2.05, 4.69) is 28.6 Å². The van der Waals surface area contributed by atoms with Gasteiger partial charge in [0, 0.05) is 36.0 Å². The number of hydrogen-bond acceptors (Lipinski definition) is 4. The first-order valence-electron chi connectivity index (χ1n) is 9.28. The predicted octanol–water partition coefficient (Wildman–Crippen LogP) is 3.52. The third-order valence-electron chi connectivity index (χ3n) is 5.45. The number of rotatable bonds is 0. The highest BCUT2D eigenvalue weighted by molar-refractivity contribution is 6.00. The minimum atomic E-state index is -0.0129. The molecule has 27 heavy (non-hydrogen) atoms. The number of hydrogen-bond donors (Lipinski definition) is 3. The lowest BCUT2D eigenvalue weighted by Crippen LogP contribution is -2.34. The number of amides is 1. The van der Waals surface area contributed by atoms with Crippen molar-refractivity contribution in [3.05, 3.63) is 52.9 Å². The third kappa shape index (κ3) is 2.60. The molecule has 0 unspecified atom stereocenters. The first-order chi connectivity index (χ1) is 13.1. The van der Waals surface area contributed by atoms with Gasteiger partial charge >= 0.3 is 0 Å². The number of carbonyl (C=O) groups excluding carboxylic acids is 1. The molecule has 1 atom stereocenters. The second-order valence-electron chi connectivity index (χ2n) is 7.39. The predicted molar refractivity (Wildman–Crippen MR) is 106 cm³/mol. The number of H-pyrrole nitrogens is 1. The lowest BCUT2D eigenvalue weighted by molar-refractivity contribution is 0.0940. The van der Waals surface area contributed by atoms with E-state index in [1.807, 2.05) is 31.2 Å². The highest BCUT2D eigenvalue weighted by Gasteiger charge is 2.28. The highest BCUT2D eigenvalue weighted by Crippen LogP contribution is 2.34. The van der Waals surface area contributed by atoms with Crippen LogP contribution < -0.4 is 10.6 Å². The van der Waals surface area contributed by atoms with Crippen LogP contribution >= 0.6 is 0 Å². The summed E-state index contributed by atoms with van der Waals surface area (Å²) in [5, 5.41) is 6.45. The zero-order chi connectivity index (χ0) is 18.5. The number of fused-ring (bicyclic) bond motifs is 3. The molecule has 5 rings (SSSR count). The summed E-state index contributed by atoms with van der Waals surface area (Å²) < 4.78 is 0. The van der Waals surface area contributed by atoms with Crippen molar-refractivity contribution < 1.29 is 4.79 Å². The van der Waals surface area contributed by atoms with E-state index < -0.39 is 0 Å². The number of allylic oxidation sites excluding steroid dienone is 1. The maximum Gasteiger partial charge on any atom is 0.253 e. The van der Waals surface area contributed by atoms with Gasteiger partial charge in [-0.3, -0.25) is 4.79 Å². The van der Waals surface area contributed by atoms with Crippen LogP contribution in [-0.4, -0.2) is 33.9 Å². The van der Waals surface area contributed by atoms with Crippen LogP contribution in [0.5, 0.6) is 0 Å². The standard InChI is InChI=1S/C21H21N5O/c1-11-6-7-13-10-23-21(27)15-8-17(25-18(13)15)14-4-3-5-16-19(14)26-20(22-9-11)12(2)24-16/h3-6,8,13,25H,7,9-10H2,1-2H3,(H,22,26)(H,23,27)/b11-6-/t13-/m0/s1. The van der Waals surface area contributed by atoms with E-state index in [0.717, 1.165) is 58.0 Å². The van der Waals surface area contributed by atoms with Gasteiger partial charge in [-0.1, -0.05) is 23.8 Å². The maximum atomic E-state index is 12.4. The van der Waals surface area contributed by atoms with Crippen molar-refractivity contribution in [2.24, 2.45) is 0 Å². The van der Waals surface area contributed by atoms with Gasteiger partial charge in [-0.25, -0.2) is 9.97 Å². The number of nitrogens with one attached hydrogen (secondary N) is 3. The zero-order valence-corrected chi connectivity index (χ0v) is 15.4. The summed E-state index contributed by atoms with van der Waals surface area (Å²) in [6, 6.07) is 7.94. The van der Waals surface area contributed by atoms with Crippen molar-refractivity contribution in [2.75, 3.05) is 18.4 Å². The number of carbonyl (C=O) groups is 1. The summed E-state index contributed by atoms with van der Waals surface area (Å²) in [5.41, 5.74) is 7.45. The second kappa shape index (κ2) is 5.94. The number of para-hydroxylation sites is 1. The summed E-state index contributed by atoms with van der Waals surface area (Å²) in [6.45, 7) is 5.47. The number of anilines is 1. The van der Waals surface area contributed by atoms with E-state index in [9.17, 15) is 4.79 Å². The highest BCUT2D eigenvalue weighted by atomic mass is 16.1. The van der Waals surface area contributed by atoms with Crippen LogP contribution in [0.15, 0.2) is 35.9 Å². The molecule has 3 aromatic rings. The largest absolute Gasteiger partial charge is 0.365 e. The van der Waals surface area contributed by atoms with E-state index in [0.29, 0.717) is 6.54 Å². The first-order valence-corrected chi connectivity index (χ1v) is 9.28. The molecule has 1 amide bonds. The van der Waals surface area contributed by atoms with Crippen molar-refractivity contribution >= 4 is 22.8 Å². The van der Waals surface area contributed by atoms with E-state index in [4.69, 9.17) is 9.97 Å². The van der Waals surface area contributed by atoms with Crippen molar-refractivity contribution in [3.63, 3.8) is 0 Å². The van der Waals surface area contributed by atoms with Gasteiger partial charge in [-0.15, -0.1) is 0 Å². The number of benzene rings is 1. The van der Waals surface area contributed by atoms with Crippen molar-refractivity contribution in [2.45, 2.75) is 26.2 Å². The van der Waals surface area contributed by atoms with Gasteiger partial charge in [0.05, 0.1) is 16.8 Å². The molecule has 1 aromatic carbocycles. The summed E-state index contributed by atoms with van der Waals surface area (Å²) >= 11 is 0. The van der Waals surface area contributed by atoms with E-state index in [1.54, 1.807) is 0 Å². The molecule has 136 valence electrons. The Hall–Kier alpha value is -3.15. The molecular formula is C21H21N5O. The molecule has 0 spiro atoms. The van der Waals surface area contributed by atoms with Gasteiger partial charge in [0.15, 0.2) is 0 Å². The summed E-state index contributed by atoms with van der Waals surface area (Å²) in [5.74, 6) is 1.04. The number of aromatic amines is 1. The Morgan fingerprint density at radius 3 is 2.89 bits per heavy atom. The second-order valence-corrected chi connectivity index (χ2v) is 7.39. The fourth-order valence-electron chi connectivity index (χ4n) is 3.93. The Balaban J connectivity index is 1.79. The van der Waals surface area contributed by atoms with E-state index in [1.165, 1.54) is 5.57 Å². The van der Waals surface area contributed by atoms with Gasteiger partial charge in [-0.2, -0.15) is 0 Å². The molecule has 2 aromatic heterocycles. The number of aryl methyl sites for hydroxylation is 1. The van der Waals surface area contributed by atoms with Crippen LogP contribution in [0.25, 0.3) is 22.3 Å². The van der Waals surface area contributed by atoms with Gasteiger partial charge in [0.1, 0.15) is 11.3 Å². The maximum absolute atomic E-state index is 12.4. The van der Waals surface area contributed by atoms with Crippen LogP contribution in [0.2, 0.25) is 0 Å². The van der Waals surface area contributed by atoms with Gasteiger partial charge in [0.25, 0.3) is 5.91 Å². The Bertz CT molecular complexity index is 1110. The Labute approximate surface area is 157 Å². The lowest BCUT2D eigenvalue weighted by Gasteiger charge is -2.22. The monoisotopic (exact) mass is 359 g/mol. The molecular weight excluding hydrogens is 338 g/mol. The average molecular weight is 359 g/mol. The fourth-order valence-corrected chi connectivity index (χ4v) is 3.93. The van der Waals surface area contributed by atoms with Crippen LogP contribution in [0.4, 0.5) is 5.82 Å². The van der Waals surface area contributed by atoms with Crippen LogP contribution in [0.3, 0.4) is 0 Å². The molecule has 6 heteroatoms. The molecule has 0 saturated carbocycles. The first kappa shape index (κ1) is 16.1. The number of aromatic nitrogens is 3. The molecule has 0 saturated heterocycles. The molecule has 0 fully saturated rings. The van der Waals surface area contributed by atoms with Crippen LogP contribution in [-0.2, 0) is 0 Å². The summed E-state index contributed by atoms with van der Waals surface area (Å²) in [6.07, 6.45) is 3.12. The molecule has 4 heterocycles. The average Bonchev–Trinajstić information content (AvgIpc) is 3.11. The topological polar surface area (TPSA) is 82.7 Å². The van der Waals surface area contributed by atoms with E-state index in [-0.39, 0.29) is 11.8 Å². The minimum Gasteiger partial charge on any atom is -0.365 e. The normalized spacial score (nSPS) is 20.7. The van der Waals surface area contributed by atoms with Gasteiger partial charge in [0.2, 0.25) is 0 Å². The zero-order valence-electron chi connectivity index (χ0n) is 15.4. The molecule has 0 radical (unpaired) electrons. The number of nitrogens with zero attached hydrogens (tertiary/aromatic N) is 2. The van der Waals surface area contributed by atoms with Crippen molar-refractivity contribution in [3.8, 4) is 11.3 Å². The van der Waals surface area contributed by atoms with Crippen molar-refractivity contribution in [1.82, 2.24) is 20.3 Å². The Morgan fingerprint density at radius 2 is 2.00 bits per heavy atom. The van der Waals surface area contributed by atoms with Gasteiger partial charge in [-0.05, 0) is 32.4 Å². The molecule has 6 nitrogen and oxygen atoms in total.